The molecule has 1 atom stereocenters. The van der Waals surface area contributed by atoms with Gasteiger partial charge in [0.2, 0.25) is 11.8 Å². The summed E-state index contributed by atoms with van der Waals surface area (Å²) in [6, 6.07) is 13.3. The van der Waals surface area contributed by atoms with Gasteiger partial charge in [-0.3, -0.25) is 9.59 Å². The monoisotopic (exact) mass is 424 g/mol. The molecular formula is C26H36N2O3. The third kappa shape index (κ3) is 7.12. The molecule has 0 aliphatic carbocycles. The number of benzene rings is 2. The number of hydrogen-bond donors (Lipinski definition) is 1. The van der Waals surface area contributed by atoms with Gasteiger partial charge in [0.25, 0.3) is 0 Å². The van der Waals surface area contributed by atoms with Crippen molar-refractivity contribution in [2.75, 3.05) is 13.7 Å². The highest BCUT2D eigenvalue weighted by molar-refractivity contribution is 5.88. The summed E-state index contributed by atoms with van der Waals surface area (Å²) in [5.74, 6) is 0.641. The highest BCUT2D eigenvalue weighted by Crippen LogP contribution is 2.19. The molecule has 2 aromatic rings. The van der Waals surface area contributed by atoms with Crippen LogP contribution in [0.1, 0.15) is 55.4 Å². The summed E-state index contributed by atoms with van der Waals surface area (Å²) >= 11 is 0. The Bertz CT molecular complexity index is 861. The van der Waals surface area contributed by atoms with Crippen molar-refractivity contribution in [3.63, 3.8) is 0 Å². The molecule has 0 radical (unpaired) electrons. The third-order valence-electron chi connectivity index (χ3n) is 5.57. The van der Waals surface area contributed by atoms with Gasteiger partial charge in [0.05, 0.1) is 13.5 Å². The molecule has 0 aliphatic heterocycles. The molecule has 2 aromatic carbocycles. The van der Waals surface area contributed by atoms with Crippen molar-refractivity contribution < 1.29 is 14.3 Å². The van der Waals surface area contributed by atoms with Crippen LogP contribution in [-0.4, -0.2) is 36.4 Å². The molecule has 2 rings (SSSR count). The number of amides is 2. The Morgan fingerprint density at radius 1 is 1.06 bits per heavy atom. The molecule has 31 heavy (non-hydrogen) atoms. The number of ether oxygens (including phenoxy) is 1. The molecule has 0 spiro atoms. The van der Waals surface area contributed by atoms with Crippen LogP contribution in [0.15, 0.2) is 42.5 Å². The van der Waals surface area contributed by atoms with Crippen molar-refractivity contribution in [2.45, 2.75) is 66.0 Å². The van der Waals surface area contributed by atoms with Gasteiger partial charge in [-0.1, -0.05) is 56.2 Å². The van der Waals surface area contributed by atoms with Crippen LogP contribution < -0.4 is 10.1 Å². The molecule has 0 saturated heterocycles. The number of rotatable bonds is 11. The smallest absolute Gasteiger partial charge is 0.242 e. The molecule has 0 fully saturated rings. The lowest BCUT2D eigenvalue weighted by Crippen LogP contribution is -2.49. The standard InChI is InChI=1S/C26H36N2O3/c1-6-8-15-27-26(30)24(7-2)28(18-21-11-13-23(31-5)14-12-21)25(29)17-22-16-19(3)9-10-20(22)4/h9-14,16,24H,6-8,15,17-18H2,1-5H3,(H,27,30). The largest absolute Gasteiger partial charge is 0.497 e. The summed E-state index contributed by atoms with van der Waals surface area (Å²) in [6.07, 6.45) is 2.78. The molecule has 1 unspecified atom stereocenters. The summed E-state index contributed by atoms with van der Waals surface area (Å²) < 4.78 is 5.24. The maximum Gasteiger partial charge on any atom is 0.242 e. The summed E-state index contributed by atoms with van der Waals surface area (Å²) in [6.45, 7) is 9.10. The van der Waals surface area contributed by atoms with Gasteiger partial charge in [-0.25, -0.2) is 0 Å². The number of carbonyl (C=O) groups excluding carboxylic acids is 2. The van der Waals surface area contributed by atoms with Crippen molar-refractivity contribution in [2.24, 2.45) is 0 Å². The van der Waals surface area contributed by atoms with Crippen molar-refractivity contribution >= 4 is 11.8 Å². The zero-order valence-corrected chi connectivity index (χ0v) is 19.5. The van der Waals surface area contributed by atoms with Gasteiger partial charge in [0, 0.05) is 13.1 Å². The van der Waals surface area contributed by atoms with Crippen LogP contribution in [0, 0.1) is 13.8 Å². The van der Waals surface area contributed by atoms with E-state index < -0.39 is 6.04 Å². The predicted octanol–water partition coefficient (Wildman–Crippen LogP) is 4.58. The van der Waals surface area contributed by atoms with Crippen molar-refractivity contribution in [3.8, 4) is 5.75 Å². The summed E-state index contributed by atoms with van der Waals surface area (Å²) in [5.41, 5.74) is 4.18. The van der Waals surface area contributed by atoms with E-state index in [2.05, 4.69) is 24.4 Å². The number of methoxy groups -OCH3 is 1. The lowest BCUT2D eigenvalue weighted by molar-refractivity contribution is -0.140. The Morgan fingerprint density at radius 2 is 1.77 bits per heavy atom. The lowest BCUT2D eigenvalue weighted by atomic mass is 10.0. The Labute approximate surface area is 186 Å². The van der Waals surface area contributed by atoms with Crippen molar-refractivity contribution in [3.05, 3.63) is 64.7 Å². The Morgan fingerprint density at radius 3 is 2.39 bits per heavy atom. The summed E-state index contributed by atoms with van der Waals surface area (Å²) in [5, 5.41) is 3.01. The van der Waals surface area contributed by atoms with Crippen LogP contribution in [-0.2, 0) is 22.6 Å². The predicted molar refractivity (Wildman–Crippen MR) is 125 cm³/mol. The minimum atomic E-state index is -0.503. The third-order valence-corrected chi connectivity index (χ3v) is 5.57. The molecule has 5 heteroatoms. The summed E-state index contributed by atoms with van der Waals surface area (Å²) in [7, 11) is 1.63. The van der Waals surface area contributed by atoms with E-state index in [1.54, 1.807) is 12.0 Å². The molecule has 0 bridgehead atoms. The van der Waals surface area contributed by atoms with Gasteiger partial charge < -0.3 is 15.0 Å². The number of aryl methyl sites for hydroxylation is 2. The van der Waals surface area contributed by atoms with Gasteiger partial charge >= 0.3 is 0 Å². The maximum absolute atomic E-state index is 13.5. The average Bonchev–Trinajstić information content (AvgIpc) is 2.76. The van der Waals surface area contributed by atoms with Crippen LogP contribution in [0.5, 0.6) is 5.75 Å². The highest BCUT2D eigenvalue weighted by atomic mass is 16.5. The summed E-state index contributed by atoms with van der Waals surface area (Å²) in [4.78, 5) is 28.1. The quantitative estimate of drug-likeness (QED) is 0.537. The van der Waals surface area contributed by atoms with Crippen LogP contribution in [0.2, 0.25) is 0 Å². The molecule has 1 N–H and O–H groups in total. The minimum Gasteiger partial charge on any atom is -0.497 e. The number of nitrogens with one attached hydrogen (secondary N) is 1. The zero-order valence-electron chi connectivity index (χ0n) is 19.5. The van der Waals surface area contributed by atoms with E-state index in [1.165, 1.54) is 0 Å². The molecule has 0 saturated carbocycles. The van der Waals surface area contributed by atoms with E-state index in [-0.39, 0.29) is 18.2 Å². The first-order valence-electron chi connectivity index (χ1n) is 11.2. The normalized spacial score (nSPS) is 11.6. The van der Waals surface area contributed by atoms with E-state index in [4.69, 9.17) is 4.74 Å². The molecular weight excluding hydrogens is 388 g/mol. The number of unbranched alkanes of at least 4 members (excludes halogenated alkanes) is 1. The van der Waals surface area contributed by atoms with Crippen LogP contribution in [0.25, 0.3) is 0 Å². The van der Waals surface area contributed by atoms with Crippen LogP contribution in [0.3, 0.4) is 0 Å². The van der Waals surface area contributed by atoms with E-state index in [0.717, 1.165) is 40.8 Å². The van der Waals surface area contributed by atoms with Gasteiger partial charge in [-0.2, -0.15) is 0 Å². The van der Waals surface area contributed by atoms with Crippen LogP contribution >= 0.6 is 0 Å². The second-order valence-electron chi connectivity index (χ2n) is 8.05. The van der Waals surface area contributed by atoms with Gasteiger partial charge in [-0.15, -0.1) is 0 Å². The first-order chi connectivity index (χ1) is 14.9. The van der Waals surface area contributed by atoms with E-state index in [1.807, 2.05) is 51.1 Å². The Hall–Kier alpha value is -2.82. The van der Waals surface area contributed by atoms with Gasteiger partial charge in [-0.05, 0) is 55.5 Å². The fourth-order valence-corrected chi connectivity index (χ4v) is 3.61. The molecule has 0 heterocycles. The van der Waals surface area contributed by atoms with Crippen molar-refractivity contribution in [1.29, 1.82) is 0 Å². The van der Waals surface area contributed by atoms with E-state index in [0.29, 0.717) is 19.5 Å². The highest BCUT2D eigenvalue weighted by Gasteiger charge is 2.28. The molecule has 0 aromatic heterocycles. The fraction of sp³-hybridized carbons (Fsp3) is 0.462. The number of carbonyl (C=O) groups is 2. The van der Waals surface area contributed by atoms with Crippen molar-refractivity contribution in [1.82, 2.24) is 10.2 Å². The number of hydrogen-bond acceptors (Lipinski definition) is 3. The fourth-order valence-electron chi connectivity index (χ4n) is 3.61. The molecule has 0 aliphatic rings. The van der Waals surface area contributed by atoms with Gasteiger partial charge in [0.1, 0.15) is 11.8 Å². The topological polar surface area (TPSA) is 58.6 Å². The second kappa shape index (κ2) is 12.1. The maximum atomic E-state index is 13.5. The zero-order chi connectivity index (χ0) is 22.8. The number of nitrogens with zero attached hydrogens (tertiary/aromatic N) is 1. The SMILES string of the molecule is CCCCNC(=O)C(CC)N(Cc1ccc(OC)cc1)C(=O)Cc1cc(C)ccc1C. The molecule has 5 nitrogen and oxygen atoms in total. The first-order valence-corrected chi connectivity index (χ1v) is 11.2. The minimum absolute atomic E-state index is 0.0398. The second-order valence-corrected chi connectivity index (χ2v) is 8.05. The van der Waals surface area contributed by atoms with Crippen LogP contribution in [0.4, 0.5) is 0 Å². The first kappa shape index (κ1) is 24.4. The van der Waals surface area contributed by atoms with E-state index in [9.17, 15) is 9.59 Å². The van der Waals surface area contributed by atoms with E-state index >= 15 is 0 Å². The Kier molecular flexibility index (Phi) is 9.57. The Balaban J connectivity index is 2.28. The lowest BCUT2D eigenvalue weighted by Gasteiger charge is -2.31. The molecule has 168 valence electrons. The average molecular weight is 425 g/mol. The van der Waals surface area contributed by atoms with Gasteiger partial charge in [0.15, 0.2) is 0 Å². The molecule has 2 amide bonds.